The number of ether oxygens (including phenoxy) is 1. The molecule has 3 aromatic rings. The molecule has 1 aromatic heterocycles. The molecule has 0 aliphatic rings. The average Bonchev–Trinajstić information content (AvgIpc) is 3.01. The fraction of sp³-hybridized carbons (Fsp3) is 0.286. The number of anilines is 1. The molecule has 2 aromatic carbocycles. The number of methoxy groups -OCH3 is 1. The largest absolute Gasteiger partial charge is 0.497 e. The maximum absolute atomic E-state index is 13.4. The second-order valence-corrected chi connectivity index (χ2v) is 7.99. The molecule has 0 spiro atoms. The first-order valence-corrected chi connectivity index (χ1v) is 9.98. The molecule has 0 saturated carbocycles. The van der Waals surface area contributed by atoms with E-state index in [1.165, 1.54) is 11.3 Å². The van der Waals surface area contributed by atoms with Crippen molar-refractivity contribution in [2.75, 3.05) is 39.2 Å². The van der Waals surface area contributed by atoms with Crippen molar-refractivity contribution >= 4 is 44.6 Å². The Morgan fingerprint density at radius 2 is 1.85 bits per heavy atom. The third-order valence-electron chi connectivity index (χ3n) is 4.33. The first-order valence-electron chi connectivity index (χ1n) is 8.79. The number of thiophene rings is 1. The summed E-state index contributed by atoms with van der Waals surface area (Å²) in [7, 11) is 5.69. The number of benzene rings is 2. The molecule has 3 rings (SSSR count). The van der Waals surface area contributed by atoms with Crippen LogP contribution in [0.1, 0.15) is 16.1 Å². The molecule has 0 unspecified atom stereocenters. The zero-order chi connectivity index (χ0) is 19.4. The molecule has 142 valence electrons. The van der Waals surface area contributed by atoms with Crippen molar-refractivity contribution in [3.63, 3.8) is 0 Å². The number of nitrogens with zero attached hydrogens (tertiary/aromatic N) is 2. The number of para-hydroxylation sites is 1. The van der Waals surface area contributed by atoms with Crippen molar-refractivity contribution in [2.45, 2.75) is 6.42 Å². The van der Waals surface area contributed by atoms with Crippen molar-refractivity contribution in [1.29, 1.82) is 0 Å². The van der Waals surface area contributed by atoms with Gasteiger partial charge in [-0.3, -0.25) is 4.79 Å². The highest BCUT2D eigenvalue weighted by Crippen LogP contribution is 2.38. The number of carbonyl (C=O) groups excluding carboxylic acids is 1. The molecule has 1 heterocycles. The Morgan fingerprint density at radius 1 is 1.11 bits per heavy atom. The van der Waals surface area contributed by atoms with Gasteiger partial charge in [0.1, 0.15) is 10.6 Å². The summed E-state index contributed by atoms with van der Waals surface area (Å²) >= 11 is 7.99. The Kier molecular flexibility index (Phi) is 6.37. The van der Waals surface area contributed by atoms with Crippen molar-refractivity contribution < 1.29 is 9.53 Å². The summed E-state index contributed by atoms with van der Waals surface area (Å²) in [5.41, 5.74) is 0.882. The van der Waals surface area contributed by atoms with Crippen molar-refractivity contribution in [3.05, 3.63) is 58.4 Å². The highest BCUT2D eigenvalue weighted by molar-refractivity contribution is 7.21. The van der Waals surface area contributed by atoms with Crippen LogP contribution in [0, 0.1) is 0 Å². The maximum atomic E-state index is 13.4. The lowest BCUT2D eigenvalue weighted by Crippen LogP contribution is -2.33. The van der Waals surface area contributed by atoms with E-state index in [2.05, 4.69) is 4.90 Å². The van der Waals surface area contributed by atoms with E-state index in [0.29, 0.717) is 16.4 Å². The fourth-order valence-corrected chi connectivity index (χ4v) is 4.42. The molecule has 4 nitrogen and oxygen atoms in total. The Hall–Kier alpha value is -2.08. The predicted octanol–water partition coefficient (Wildman–Crippen LogP) is 5.16. The average molecular weight is 403 g/mol. The van der Waals surface area contributed by atoms with Crippen molar-refractivity contribution in [3.8, 4) is 5.75 Å². The second-order valence-electron chi connectivity index (χ2n) is 6.56. The zero-order valence-corrected chi connectivity index (χ0v) is 17.3. The summed E-state index contributed by atoms with van der Waals surface area (Å²) in [5.74, 6) is 0.690. The Balaban J connectivity index is 1.95. The van der Waals surface area contributed by atoms with Crippen LogP contribution in [0.25, 0.3) is 10.1 Å². The normalized spacial score (nSPS) is 11.1. The summed E-state index contributed by atoms with van der Waals surface area (Å²) < 4.78 is 6.24. The summed E-state index contributed by atoms with van der Waals surface area (Å²) in [6, 6.07) is 15.4. The molecule has 1 amide bonds. The lowest BCUT2D eigenvalue weighted by Gasteiger charge is -2.23. The number of halogens is 1. The monoisotopic (exact) mass is 402 g/mol. The van der Waals surface area contributed by atoms with Crippen LogP contribution in [-0.2, 0) is 0 Å². The lowest BCUT2D eigenvalue weighted by atomic mass is 10.2. The third-order valence-corrected chi connectivity index (χ3v) is 5.98. The van der Waals surface area contributed by atoms with Crippen molar-refractivity contribution in [1.82, 2.24) is 4.90 Å². The molecular formula is C21H23ClN2O2S. The van der Waals surface area contributed by atoms with Crippen LogP contribution in [0.3, 0.4) is 0 Å². The van der Waals surface area contributed by atoms with Gasteiger partial charge in [-0.1, -0.05) is 29.8 Å². The first kappa shape index (κ1) is 19.7. The van der Waals surface area contributed by atoms with E-state index in [-0.39, 0.29) is 5.91 Å². The van der Waals surface area contributed by atoms with Gasteiger partial charge in [0.25, 0.3) is 5.91 Å². The Labute approximate surface area is 168 Å². The second kappa shape index (κ2) is 8.74. The van der Waals surface area contributed by atoms with Gasteiger partial charge < -0.3 is 14.5 Å². The van der Waals surface area contributed by atoms with Crippen LogP contribution in [0.5, 0.6) is 5.75 Å². The van der Waals surface area contributed by atoms with Gasteiger partial charge in [0.05, 0.1) is 12.1 Å². The highest BCUT2D eigenvalue weighted by Gasteiger charge is 2.24. The topological polar surface area (TPSA) is 32.8 Å². The molecule has 6 heteroatoms. The molecule has 0 aliphatic carbocycles. The quantitative estimate of drug-likeness (QED) is 0.547. The van der Waals surface area contributed by atoms with Crippen LogP contribution in [0.15, 0.2) is 48.5 Å². The highest BCUT2D eigenvalue weighted by atomic mass is 35.5. The van der Waals surface area contributed by atoms with E-state index >= 15 is 0 Å². The molecular weight excluding hydrogens is 380 g/mol. The minimum atomic E-state index is -0.0647. The minimum Gasteiger partial charge on any atom is -0.497 e. The SMILES string of the molecule is COc1ccc2c(Cl)c(C(=O)N(CCCN(C)C)c3ccccc3)sc2c1. The Bertz CT molecular complexity index is 925. The molecule has 27 heavy (non-hydrogen) atoms. The van der Waals surface area contributed by atoms with E-state index in [1.54, 1.807) is 7.11 Å². The van der Waals surface area contributed by atoms with E-state index in [1.807, 2.05) is 67.5 Å². The van der Waals surface area contributed by atoms with Crippen LogP contribution in [0.2, 0.25) is 5.02 Å². The van der Waals surface area contributed by atoms with E-state index in [9.17, 15) is 4.79 Å². The van der Waals surface area contributed by atoms with Crippen LogP contribution in [-0.4, -0.2) is 45.1 Å². The van der Waals surface area contributed by atoms with Gasteiger partial charge in [-0.05, 0) is 57.4 Å². The number of hydrogen-bond donors (Lipinski definition) is 0. The van der Waals surface area contributed by atoms with Crippen LogP contribution >= 0.6 is 22.9 Å². The molecule has 0 aliphatic heterocycles. The standard InChI is InChI=1S/C21H23ClN2O2S/c1-23(2)12-7-13-24(15-8-5-4-6-9-15)21(25)20-19(22)17-11-10-16(26-3)14-18(17)27-20/h4-6,8-11,14H,7,12-13H2,1-3H3. The first-order chi connectivity index (χ1) is 13.0. The van der Waals surface area contributed by atoms with Crippen molar-refractivity contribution in [2.24, 2.45) is 0 Å². The number of amides is 1. The lowest BCUT2D eigenvalue weighted by molar-refractivity contribution is 0.0990. The smallest absolute Gasteiger partial charge is 0.269 e. The zero-order valence-electron chi connectivity index (χ0n) is 15.7. The van der Waals surface area contributed by atoms with Crippen LogP contribution < -0.4 is 9.64 Å². The maximum Gasteiger partial charge on any atom is 0.269 e. The van der Waals surface area contributed by atoms with Gasteiger partial charge in [-0.15, -0.1) is 11.3 Å². The number of carbonyl (C=O) groups is 1. The van der Waals surface area contributed by atoms with E-state index in [4.69, 9.17) is 16.3 Å². The fourth-order valence-electron chi connectivity index (χ4n) is 2.93. The summed E-state index contributed by atoms with van der Waals surface area (Å²) in [5, 5.41) is 1.39. The van der Waals surface area contributed by atoms with E-state index < -0.39 is 0 Å². The van der Waals surface area contributed by atoms with E-state index in [0.717, 1.165) is 34.5 Å². The molecule has 0 atom stereocenters. The van der Waals surface area contributed by atoms with Gasteiger partial charge in [0, 0.05) is 22.3 Å². The summed E-state index contributed by atoms with van der Waals surface area (Å²) in [6.07, 6.45) is 0.879. The van der Waals surface area contributed by atoms with Crippen LogP contribution in [0.4, 0.5) is 5.69 Å². The summed E-state index contributed by atoms with van der Waals surface area (Å²) in [6.45, 7) is 1.54. The predicted molar refractivity (Wildman–Crippen MR) is 115 cm³/mol. The van der Waals surface area contributed by atoms with Gasteiger partial charge in [0.2, 0.25) is 0 Å². The number of fused-ring (bicyclic) bond motifs is 1. The molecule has 0 bridgehead atoms. The van der Waals surface area contributed by atoms with Gasteiger partial charge >= 0.3 is 0 Å². The van der Waals surface area contributed by atoms with Gasteiger partial charge in [-0.25, -0.2) is 0 Å². The molecule has 0 fully saturated rings. The van der Waals surface area contributed by atoms with Gasteiger partial charge in [-0.2, -0.15) is 0 Å². The number of hydrogen-bond acceptors (Lipinski definition) is 4. The molecule has 0 radical (unpaired) electrons. The molecule has 0 N–H and O–H groups in total. The third kappa shape index (κ3) is 4.43. The van der Waals surface area contributed by atoms with Gasteiger partial charge in [0.15, 0.2) is 0 Å². The number of rotatable bonds is 7. The minimum absolute atomic E-state index is 0.0647. The summed E-state index contributed by atoms with van der Waals surface area (Å²) in [4.78, 5) is 17.9. The Morgan fingerprint density at radius 3 is 2.52 bits per heavy atom. The molecule has 0 saturated heterocycles.